The maximum atomic E-state index is 12.4. The Balaban J connectivity index is 1.59. The van der Waals surface area contributed by atoms with Gasteiger partial charge in [0.15, 0.2) is 18.1 Å². The molecule has 3 rings (SSSR count). The summed E-state index contributed by atoms with van der Waals surface area (Å²) in [4.78, 5) is 24.4. The molecule has 8 heteroatoms. The molecule has 7 nitrogen and oxygen atoms in total. The van der Waals surface area contributed by atoms with Crippen LogP contribution in [0.4, 0.5) is 0 Å². The molecule has 0 bridgehead atoms. The Hall–Kier alpha value is -3.84. The minimum atomic E-state index is -0.485. The van der Waals surface area contributed by atoms with Crippen LogP contribution in [-0.2, 0) is 4.79 Å². The Kier molecular flexibility index (Phi) is 8.65. The number of rotatable bonds is 9. The van der Waals surface area contributed by atoms with Gasteiger partial charge in [-0.25, -0.2) is 10.2 Å². The second-order valence-corrected chi connectivity index (χ2v) is 7.73. The third-order valence-corrected chi connectivity index (χ3v) is 5.26. The van der Waals surface area contributed by atoms with E-state index in [1.807, 2.05) is 26.8 Å². The molecule has 3 aromatic rings. The van der Waals surface area contributed by atoms with E-state index >= 15 is 0 Å². The zero-order valence-electron chi connectivity index (χ0n) is 19.1. The maximum Gasteiger partial charge on any atom is 0.343 e. The molecule has 0 radical (unpaired) electrons. The largest absolute Gasteiger partial charge is 0.490 e. The molecule has 176 valence electrons. The summed E-state index contributed by atoms with van der Waals surface area (Å²) in [6, 6.07) is 17.2. The van der Waals surface area contributed by atoms with Crippen molar-refractivity contribution in [1.82, 2.24) is 5.43 Å². The summed E-state index contributed by atoms with van der Waals surface area (Å²) in [6.45, 7) is 5.76. The molecule has 0 aliphatic heterocycles. The molecule has 1 N–H and O–H groups in total. The quantitative estimate of drug-likeness (QED) is 0.199. The number of esters is 1. The van der Waals surface area contributed by atoms with Crippen LogP contribution in [0.2, 0.25) is 5.02 Å². The van der Waals surface area contributed by atoms with Gasteiger partial charge in [0.2, 0.25) is 0 Å². The number of carbonyl (C=O) groups is 2. The van der Waals surface area contributed by atoms with E-state index in [1.54, 1.807) is 54.6 Å². The van der Waals surface area contributed by atoms with E-state index in [0.717, 1.165) is 11.1 Å². The molecule has 0 aliphatic rings. The lowest BCUT2D eigenvalue weighted by molar-refractivity contribution is -0.123. The molecule has 0 spiro atoms. The van der Waals surface area contributed by atoms with Crippen molar-refractivity contribution >= 4 is 29.7 Å². The molecule has 0 aliphatic carbocycles. The first-order chi connectivity index (χ1) is 16.4. The molecule has 0 fully saturated rings. The van der Waals surface area contributed by atoms with Crippen LogP contribution in [0.15, 0.2) is 65.8 Å². The fraction of sp³-hybridized carbons (Fsp3) is 0.192. The lowest BCUT2D eigenvalue weighted by atomic mass is 10.1. The van der Waals surface area contributed by atoms with Gasteiger partial charge in [0.1, 0.15) is 5.75 Å². The summed E-state index contributed by atoms with van der Waals surface area (Å²) in [5, 5.41) is 4.63. The number of hydrogen-bond acceptors (Lipinski definition) is 6. The van der Waals surface area contributed by atoms with Gasteiger partial charge in [-0.15, -0.1) is 0 Å². The number of ether oxygens (including phenoxy) is 3. The first-order valence-electron chi connectivity index (χ1n) is 10.6. The predicted octanol–water partition coefficient (Wildman–Crippen LogP) is 5.10. The monoisotopic (exact) mass is 480 g/mol. The maximum absolute atomic E-state index is 12.4. The van der Waals surface area contributed by atoms with E-state index < -0.39 is 11.9 Å². The zero-order valence-corrected chi connectivity index (χ0v) is 19.9. The Morgan fingerprint density at radius 3 is 2.35 bits per heavy atom. The van der Waals surface area contributed by atoms with E-state index in [0.29, 0.717) is 40.0 Å². The van der Waals surface area contributed by atoms with Crippen LogP contribution in [0, 0.1) is 13.8 Å². The van der Waals surface area contributed by atoms with Gasteiger partial charge in [-0.05, 0) is 79.9 Å². The van der Waals surface area contributed by atoms with Crippen molar-refractivity contribution in [2.75, 3.05) is 13.2 Å². The number of hydrogen-bond donors (Lipinski definition) is 1. The van der Waals surface area contributed by atoms with E-state index in [1.165, 1.54) is 6.21 Å². The van der Waals surface area contributed by atoms with Gasteiger partial charge >= 0.3 is 5.97 Å². The standard InChI is InChI=1S/C26H25ClN2O5/c1-4-32-23-14-19(10-11-22(23)34-26(31)20-8-6-5-7-9-20)15-28-29-24(30)16-33-21-12-17(2)25(27)18(3)13-21/h5-15H,4,16H2,1-3H3,(H,29,30). The van der Waals surface area contributed by atoms with Crippen molar-refractivity contribution in [1.29, 1.82) is 0 Å². The minimum Gasteiger partial charge on any atom is -0.490 e. The van der Waals surface area contributed by atoms with Crippen LogP contribution in [0.1, 0.15) is 34.0 Å². The van der Waals surface area contributed by atoms with Crippen molar-refractivity contribution in [2.45, 2.75) is 20.8 Å². The lowest BCUT2D eigenvalue weighted by Gasteiger charge is -2.11. The van der Waals surface area contributed by atoms with Crippen molar-refractivity contribution in [3.05, 3.63) is 87.9 Å². The zero-order chi connectivity index (χ0) is 24.5. The molecule has 0 aromatic heterocycles. The van der Waals surface area contributed by atoms with Gasteiger partial charge in [-0.1, -0.05) is 29.8 Å². The van der Waals surface area contributed by atoms with Gasteiger partial charge < -0.3 is 14.2 Å². The normalized spacial score (nSPS) is 10.7. The number of hydrazone groups is 1. The summed E-state index contributed by atoms with van der Waals surface area (Å²) < 4.78 is 16.6. The summed E-state index contributed by atoms with van der Waals surface area (Å²) in [7, 11) is 0. The molecule has 34 heavy (non-hydrogen) atoms. The van der Waals surface area contributed by atoms with Gasteiger partial charge in [0.05, 0.1) is 18.4 Å². The molecular weight excluding hydrogens is 456 g/mol. The highest BCUT2D eigenvalue weighted by atomic mass is 35.5. The van der Waals surface area contributed by atoms with Crippen LogP contribution in [0.5, 0.6) is 17.2 Å². The summed E-state index contributed by atoms with van der Waals surface area (Å²) in [5.41, 5.74) is 5.24. The van der Waals surface area contributed by atoms with Gasteiger partial charge in [-0.3, -0.25) is 4.79 Å². The SMILES string of the molecule is CCOc1cc(C=NNC(=O)COc2cc(C)c(Cl)c(C)c2)ccc1OC(=O)c1ccccc1. The Morgan fingerprint density at radius 1 is 0.971 bits per heavy atom. The van der Waals surface area contributed by atoms with Crippen LogP contribution in [-0.4, -0.2) is 31.3 Å². The molecule has 0 unspecified atom stereocenters. The smallest absolute Gasteiger partial charge is 0.343 e. The number of benzene rings is 3. The number of aryl methyl sites for hydroxylation is 2. The van der Waals surface area contributed by atoms with Crippen LogP contribution in [0.3, 0.4) is 0 Å². The molecule has 1 amide bonds. The fourth-order valence-electron chi connectivity index (χ4n) is 3.04. The number of halogens is 1. The fourth-order valence-corrected chi connectivity index (χ4v) is 3.15. The number of amides is 1. The Morgan fingerprint density at radius 2 is 1.68 bits per heavy atom. The molecular formula is C26H25ClN2O5. The summed E-state index contributed by atoms with van der Waals surface area (Å²) >= 11 is 6.15. The van der Waals surface area contributed by atoms with Crippen molar-refractivity contribution in [2.24, 2.45) is 5.10 Å². The first-order valence-corrected chi connectivity index (χ1v) is 11.0. The highest BCUT2D eigenvalue weighted by Gasteiger charge is 2.13. The number of nitrogens with one attached hydrogen (secondary N) is 1. The third kappa shape index (κ3) is 6.83. The number of nitrogens with zero attached hydrogens (tertiary/aromatic N) is 1. The van der Waals surface area contributed by atoms with Gasteiger partial charge in [-0.2, -0.15) is 5.10 Å². The van der Waals surface area contributed by atoms with E-state index in [9.17, 15) is 9.59 Å². The Bertz CT molecular complexity index is 1170. The van der Waals surface area contributed by atoms with E-state index in [-0.39, 0.29) is 6.61 Å². The van der Waals surface area contributed by atoms with E-state index in [4.69, 9.17) is 25.8 Å². The average Bonchev–Trinajstić information content (AvgIpc) is 2.83. The van der Waals surface area contributed by atoms with Crippen molar-refractivity contribution in [3.63, 3.8) is 0 Å². The van der Waals surface area contributed by atoms with Crippen LogP contribution < -0.4 is 19.6 Å². The van der Waals surface area contributed by atoms with E-state index in [2.05, 4.69) is 10.5 Å². The molecule has 0 saturated heterocycles. The first kappa shape index (κ1) is 24.8. The molecule has 3 aromatic carbocycles. The van der Waals surface area contributed by atoms with Crippen molar-refractivity contribution < 1.29 is 23.8 Å². The van der Waals surface area contributed by atoms with Crippen LogP contribution in [0.25, 0.3) is 0 Å². The second-order valence-electron chi connectivity index (χ2n) is 7.35. The summed E-state index contributed by atoms with van der Waals surface area (Å²) in [5.74, 6) is 0.333. The molecule has 0 heterocycles. The third-order valence-electron chi connectivity index (χ3n) is 4.66. The molecule has 0 saturated carbocycles. The van der Waals surface area contributed by atoms with Crippen molar-refractivity contribution in [3.8, 4) is 17.2 Å². The highest BCUT2D eigenvalue weighted by Crippen LogP contribution is 2.29. The number of carbonyl (C=O) groups excluding carboxylic acids is 2. The summed E-state index contributed by atoms with van der Waals surface area (Å²) in [6.07, 6.45) is 1.46. The van der Waals surface area contributed by atoms with Crippen LogP contribution >= 0.6 is 11.6 Å². The highest BCUT2D eigenvalue weighted by molar-refractivity contribution is 6.32. The van der Waals surface area contributed by atoms with Gasteiger partial charge in [0.25, 0.3) is 5.91 Å². The van der Waals surface area contributed by atoms with Gasteiger partial charge in [0, 0.05) is 5.02 Å². The molecule has 0 atom stereocenters. The Labute approximate surface area is 203 Å². The minimum absolute atomic E-state index is 0.198. The predicted molar refractivity (Wildman–Crippen MR) is 131 cm³/mol. The second kappa shape index (κ2) is 11.9. The topological polar surface area (TPSA) is 86.2 Å². The lowest BCUT2D eigenvalue weighted by Crippen LogP contribution is -2.24. The average molecular weight is 481 g/mol.